The van der Waals surface area contributed by atoms with Crippen LogP contribution in [0.5, 0.6) is 5.75 Å². The first-order valence-electron chi connectivity index (χ1n) is 9.44. The van der Waals surface area contributed by atoms with E-state index in [9.17, 15) is 4.79 Å². The standard InChI is InChI=1S/C22H27NO3S/c1-16-8-9-21(13-17(16)2)27-12-10-23-22(24)18-5-3-6-19(14-18)26-15-20-7-4-11-25-20/h3,5-6,8-9,13-14,20H,4,7,10-12,15H2,1-2H3,(H,23,24)/t20-/m1/s1. The van der Waals surface area contributed by atoms with Gasteiger partial charge in [0.05, 0.1) is 6.10 Å². The van der Waals surface area contributed by atoms with Gasteiger partial charge in [-0.1, -0.05) is 12.1 Å². The van der Waals surface area contributed by atoms with Gasteiger partial charge in [0.25, 0.3) is 5.91 Å². The number of amides is 1. The maximum absolute atomic E-state index is 12.4. The predicted molar refractivity (Wildman–Crippen MR) is 110 cm³/mol. The van der Waals surface area contributed by atoms with Gasteiger partial charge >= 0.3 is 0 Å². The molecule has 2 aromatic carbocycles. The zero-order valence-electron chi connectivity index (χ0n) is 16.0. The summed E-state index contributed by atoms with van der Waals surface area (Å²) in [5.74, 6) is 1.48. The molecule has 1 fully saturated rings. The van der Waals surface area contributed by atoms with E-state index in [0.717, 1.165) is 25.2 Å². The number of carbonyl (C=O) groups excluding carboxylic acids is 1. The molecule has 3 rings (SSSR count). The van der Waals surface area contributed by atoms with Crippen LogP contribution in [0.15, 0.2) is 47.4 Å². The zero-order chi connectivity index (χ0) is 19.1. The Morgan fingerprint density at radius 2 is 2.11 bits per heavy atom. The van der Waals surface area contributed by atoms with Crippen molar-refractivity contribution < 1.29 is 14.3 Å². The van der Waals surface area contributed by atoms with Crippen LogP contribution in [0.3, 0.4) is 0 Å². The fourth-order valence-electron chi connectivity index (χ4n) is 2.93. The first kappa shape index (κ1) is 19.8. The number of thioether (sulfide) groups is 1. The molecule has 1 saturated heterocycles. The normalized spacial score (nSPS) is 16.3. The lowest BCUT2D eigenvalue weighted by Crippen LogP contribution is -2.25. The first-order valence-corrected chi connectivity index (χ1v) is 10.4. The average Bonchev–Trinajstić information content (AvgIpc) is 3.20. The number of carbonyl (C=O) groups is 1. The molecule has 5 heteroatoms. The van der Waals surface area contributed by atoms with E-state index < -0.39 is 0 Å². The van der Waals surface area contributed by atoms with E-state index in [1.165, 1.54) is 16.0 Å². The topological polar surface area (TPSA) is 47.6 Å². The second-order valence-electron chi connectivity index (χ2n) is 6.82. The minimum absolute atomic E-state index is 0.0711. The third-order valence-electron chi connectivity index (χ3n) is 4.69. The van der Waals surface area contributed by atoms with E-state index in [2.05, 4.69) is 37.4 Å². The van der Waals surface area contributed by atoms with Gasteiger partial charge in [0, 0.05) is 29.4 Å². The quantitative estimate of drug-likeness (QED) is 0.541. The molecule has 0 unspecified atom stereocenters. The second kappa shape index (κ2) is 9.81. The number of benzene rings is 2. The van der Waals surface area contributed by atoms with E-state index in [-0.39, 0.29) is 12.0 Å². The van der Waals surface area contributed by atoms with Gasteiger partial charge in [-0.25, -0.2) is 0 Å². The molecule has 1 amide bonds. The summed E-state index contributed by atoms with van der Waals surface area (Å²) in [6.07, 6.45) is 2.31. The number of aryl methyl sites for hydroxylation is 2. The van der Waals surface area contributed by atoms with E-state index in [0.29, 0.717) is 24.5 Å². The van der Waals surface area contributed by atoms with Crippen LogP contribution < -0.4 is 10.1 Å². The minimum atomic E-state index is -0.0711. The van der Waals surface area contributed by atoms with Gasteiger partial charge < -0.3 is 14.8 Å². The molecule has 144 valence electrons. The lowest BCUT2D eigenvalue weighted by Gasteiger charge is -2.12. The minimum Gasteiger partial charge on any atom is -0.491 e. The molecule has 0 saturated carbocycles. The third kappa shape index (κ3) is 6.01. The summed E-state index contributed by atoms with van der Waals surface area (Å²) in [4.78, 5) is 13.6. The molecule has 0 bridgehead atoms. The van der Waals surface area contributed by atoms with Crippen molar-refractivity contribution in [3.8, 4) is 5.75 Å². The Balaban J connectivity index is 1.43. The highest BCUT2D eigenvalue weighted by molar-refractivity contribution is 7.99. The molecule has 2 aromatic rings. The summed E-state index contributed by atoms with van der Waals surface area (Å²) in [6, 6.07) is 13.8. The maximum atomic E-state index is 12.4. The Hall–Kier alpha value is -1.98. The summed E-state index contributed by atoms with van der Waals surface area (Å²) < 4.78 is 11.3. The van der Waals surface area contributed by atoms with Crippen molar-refractivity contribution in [1.29, 1.82) is 0 Å². The zero-order valence-corrected chi connectivity index (χ0v) is 16.8. The van der Waals surface area contributed by atoms with Crippen LogP contribution in [0.25, 0.3) is 0 Å². The SMILES string of the molecule is Cc1ccc(SCCNC(=O)c2cccc(OC[C@H]3CCCO3)c2)cc1C. The first-order chi connectivity index (χ1) is 13.1. The van der Waals surface area contributed by atoms with Crippen molar-refractivity contribution in [3.05, 3.63) is 59.2 Å². The molecule has 27 heavy (non-hydrogen) atoms. The van der Waals surface area contributed by atoms with Crippen LogP contribution in [0, 0.1) is 13.8 Å². The number of hydrogen-bond donors (Lipinski definition) is 1. The fraction of sp³-hybridized carbons (Fsp3) is 0.409. The molecule has 0 radical (unpaired) electrons. The van der Waals surface area contributed by atoms with Gasteiger partial charge in [-0.2, -0.15) is 0 Å². The van der Waals surface area contributed by atoms with E-state index in [1.54, 1.807) is 17.8 Å². The molecule has 4 nitrogen and oxygen atoms in total. The van der Waals surface area contributed by atoms with Crippen molar-refractivity contribution in [1.82, 2.24) is 5.32 Å². The molecular formula is C22H27NO3S. The number of nitrogens with one attached hydrogen (secondary N) is 1. The van der Waals surface area contributed by atoms with Crippen LogP contribution in [-0.2, 0) is 4.74 Å². The Bertz CT molecular complexity index is 772. The lowest BCUT2D eigenvalue weighted by atomic mass is 10.1. The Morgan fingerprint density at radius 3 is 2.89 bits per heavy atom. The molecule has 0 aromatic heterocycles. The molecule has 1 atom stereocenters. The molecular weight excluding hydrogens is 358 g/mol. The van der Waals surface area contributed by atoms with Gasteiger partial charge in [-0.05, 0) is 68.1 Å². The molecule has 0 aliphatic carbocycles. The van der Waals surface area contributed by atoms with Gasteiger partial charge in [-0.3, -0.25) is 4.79 Å². The van der Waals surface area contributed by atoms with Crippen molar-refractivity contribution in [2.24, 2.45) is 0 Å². The predicted octanol–water partition coefficient (Wildman–Crippen LogP) is 4.38. The van der Waals surface area contributed by atoms with Crippen molar-refractivity contribution in [3.63, 3.8) is 0 Å². The van der Waals surface area contributed by atoms with Crippen LogP contribution in [0.2, 0.25) is 0 Å². The Kier molecular flexibility index (Phi) is 7.18. The summed E-state index contributed by atoms with van der Waals surface area (Å²) in [7, 11) is 0. The Morgan fingerprint density at radius 1 is 1.22 bits per heavy atom. The molecule has 1 heterocycles. The summed E-state index contributed by atoms with van der Waals surface area (Å²) in [6.45, 7) is 6.21. The van der Waals surface area contributed by atoms with E-state index in [4.69, 9.17) is 9.47 Å². The van der Waals surface area contributed by atoms with Gasteiger partial charge in [0.15, 0.2) is 0 Å². The van der Waals surface area contributed by atoms with Crippen molar-refractivity contribution >= 4 is 17.7 Å². The highest BCUT2D eigenvalue weighted by Gasteiger charge is 2.16. The highest BCUT2D eigenvalue weighted by Crippen LogP contribution is 2.21. The van der Waals surface area contributed by atoms with Crippen LogP contribution in [0.4, 0.5) is 0 Å². The average molecular weight is 386 g/mol. The Labute approximate surface area is 165 Å². The summed E-state index contributed by atoms with van der Waals surface area (Å²) in [5.41, 5.74) is 3.22. The molecule has 1 aliphatic rings. The molecule has 1 N–H and O–H groups in total. The van der Waals surface area contributed by atoms with E-state index >= 15 is 0 Å². The summed E-state index contributed by atoms with van der Waals surface area (Å²) >= 11 is 1.75. The molecule has 0 spiro atoms. The van der Waals surface area contributed by atoms with Gasteiger partial charge in [0.1, 0.15) is 12.4 Å². The third-order valence-corrected chi connectivity index (χ3v) is 5.69. The van der Waals surface area contributed by atoms with Crippen LogP contribution in [-0.4, -0.2) is 37.5 Å². The fourth-order valence-corrected chi connectivity index (χ4v) is 3.80. The molecule has 1 aliphatic heterocycles. The van der Waals surface area contributed by atoms with Gasteiger partial charge in [-0.15, -0.1) is 11.8 Å². The number of ether oxygens (including phenoxy) is 2. The van der Waals surface area contributed by atoms with Gasteiger partial charge in [0.2, 0.25) is 0 Å². The largest absolute Gasteiger partial charge is 0.491 e. The summed E-state index contributed by atoms with van der Waals surface area (Å²) in [5, 5.41) is 2.98. The smallest absolute Gasteiger partial charge is 0.251 e. The lowest BCUT2D eigenvalue weighted by molar-refractivity contribution is 0.0679. The van der Waals surface area contributed by atoms with Crippen molar-refractivity contribution in [2.45, 2.75) is 37.7 Å². The second-order valence-corrected chi connectivity index (χ2v) is 7.99. The highest BCUT2D eigenvalue weighted by atomic mass is 32.2. The van der Waals surface area contributed by atoms with Crippen molar-refractivity contribution in [2.75, 3.05) is 25.5 Å². The van der Waals surface area contributed by atoms with Crippen LogP contribution >= 0.6 is 11.8 Å². The number of rotatable bonds is 8. The number of hydrogen-bond acceptors (Lipinski definition) is 4. The monoisotopic (exact) mass is 385 g/mol. The van der Waals surface area contributed by atoms with Crippen LogP contribution in [0.1, 0.15) is 34.3 Å². The maximum Gasteiger partial charge on any atom is 0.251 e. The van der Waals surface area contributed by atoms with E-state index in [1.807, 2.05) is 18.2 Å².